The first-order valence-electron chi connectivity index (χ1n) is 11.4. The van der Waals surface area contributed by atoms with E-state index in [1.54, 1.807) is 19.1 Å². The number of fused-ring (bicyclic) bond motifs is 1. The lowest BCUT2D eigenvalue weighted by atomic mass is 10.1. The van der Waals surface area contributed by atoms with Crippen LogP contribution in [-0.4, -0.2) is 69.5 Å². The van der Waals surface area contributed by atoms with Crippen molar-refractivity contribution >= 4 is 50.6 Å². The van der Waals surface area contributed by atoms with Gasteiger partial charge in [-0.3, -0.25) is 0 Å². The Balaban J connectivity index is 0.00000380. The Morgan fingerprint density at radius 1 is 1.03 bits per heavy atom. The zero-order valence-electron chi connectivity index (χ0n) is 19.9. The topological polar surface area (TPSA) is 91.8 Å². The fourth-order valence-corrected chi connectivity index (χ4v) is 5.38. The monoisotopic (exact) mass is 558 g/mol. The number of benzene rings is 2. The van der Waals surface area contributed by atoms with Crippen molar-refractivity contribution in [3.05, 3.63) is 60.0 Å². The second-order valence-corrected chi connectivity index (χ2v) is 10.2. The molecule has 1 aromatic heterocycles. The van der Waals surface area contributed by atoms with E-state index in [2.05, 4.69) is 10.3 Å². The van der Waals surface area contributed by atoms with Crippen molar-refractivity contribution in [1.82, 2.24) is 9.88 Å². The number of pyridine rings is 1. The molecule has 4 rings (SSSR count). The molecule has 37 heavy (non-hydrogen) atoms. The molecular formula is C24H26ClF3N4O4S. The molecule has 0 atom stereocenters. The summed E-state index contributed by atoms with van der Waals surface area (Å²) >= 11 is 0. The standard InChI is InChI=1S/C24H25F3N4O4S.ClH/c1-2-35-24(32)31-13-11-30(12-14-31)23-20(26)21(19(25)22(27)29-23)36(33,34)15-10-28-18-9-5-7-16-6-3-4-8-17(16)18;/h3-9,28H,2,10-15H2,1H3;1H. The second-order valence-electron chi connectivity index (χ2n) is 8.13. The van der Waals surface area contributed by atoms with E-state index >= 15 is 4.39 Å². The maximum atomic E-state index is 15.3. The number of piperazine rings is 1. The molecule has 1 N–H and O–H groups in total. The Hall–Kier alpha value is -3.25. The normalized spacial score (nSPS) is 13.8. The number of nitrogens with one attached hydrogen (secondary N) is 1. The van der Waals surface area contributed by atoms with Gasteiger partial charge in [0.2, 0.25) is 0 Å². The van der Waals surface area contributed by atoms with Gasteiger partial charge in [-0.05, 0) is 18.4 Å². The first-order chi connectivity index (χ1) is 17.2. The van der Waals surface area contributed by atoms with E-state index in [9.17, 15) is 22.0 Å². The van der Waals surface area contributed by atoms with Crippen LogP contribution in [0.5, 0.6) is 0 Å². The minimum Gasteiger partial charge on any atom is -0.450 e. The molecule has 0 radical (unpaired) electrons. The number of hydrogen-bond acceptors (Lipinski definition) is 7. The van der Waals surface area contributed by atoms with Gasteiger partial charge in [0.1, 0.15) is 4.90 Å². The fourth-order valence-electron chi connectivity index (χ4n) is 4.08. The van der Waals surface area contributed by atoms with E-state index in [-0.39, 0.29) is 51.7 Å². The zero-order chi connectivity index (χ0) is 25.9. The van der Waals surface area contributed by atoms with Crippen molar-refractivity contribution in [2.75, 3.05) is 55.3 Å². The number of nitrogens with zero attached hydrogens (tertiary/aromatic N) is 3. The summed E-state index contributed by atoms with van der Waals surface area (Å²) in [7, 11) is -4.56. The van der Waals surface area contributed by atoms with E-state index in [1.807, 2.05) is 30.3 Å². The number of sulfone groups is 1. The van der Waals surface area contributed by atoms with Crippen LogP contribution in [0.4, 0.5) is 29.5 Å². The van der Waals surface area contributed by atoms with Gasteiger partial charge in [-0.2, -0.15) is 9.37 Å². The van der Waals surface area contributed by atoms with Gasteiger partial charge in [-0.15, -0.1) is 12.4 Å². The molecule has 1 amide bonds. The van der Waals surface area contributed by atoms with E-state index in [0.29, 0.717) is 5.69 Å². The summed E-state index contributed by atoms with van der Waals surface area (Å²) < 4.78 is 75.0. The lowest BCUT2D eigenvalue weighted by molar-refractivity contribution is 0.105. The smallest absolute Gasteiger partial charge is 0.409 e. The first kappa shape index (κ1) is 28.3. The molecule has 2 aromatic carbocycles. The van der Waals surface area contributed by atoms with Gasteiger partial charge in [0, 0.05) is 43.8 Å². The zero-order valence-corrected chi connectivity index (χ0v) is 21.5. The molecule has 1 fully saturated rings. The second kappa shape index (κ2) is 11.9. The Morgan fingerprint density at radius 3 is 2.41 bits per heavy atom. The van der Waals surface area contributed by atoms with Crippen LogP contribution < -0.4 is 10.2 Å². The number of carbonyl (C=O) groups is 1. The van der Waals surface area contributed by atoms with E-state index in [1.165, 1.54) is 9.80 Å². The summed E-state index contributed by atoms with van der Waals surface area (Å²) in [6, 6.07) is 12.9. The third kappa shape index (κ3) is 6.02. The molecule has 13 heteroatoms. The van der Waals surface area contributed by atoms with Gasteiger partial charge in [-0.1, -0.05) is 36.4 Å². The van der Waals surface area contributed by atoms with Crippen LogP contribution >= 0.6 is 12.4 Å². The molecule has 0 aliphatic carbocycles. The molecule has 1 saturated heterocycles. The lowest BCUT2D eigenvalue weighted by Gasteiger charge is -2.35. The van der Waals surface area contributed by atoms with Crippen LogP contribution in [0.25, 0.3) is 10.8 Å². The molecule has 2 heterocycles. The van der Waals surface area contributed by atoms with Crippen LogP contribution in [-0.2, 0) is 14.6 Å². The van der Waals surface area contributed by atoms with Crippen molar-refractivity contribution in [3.63, 3.8) is 0 Å². The maximum absolute atomic E-state index is 15.3. The highest BCUT2D eigenvalue weighted by Gasteiger charge is 2.33. The van der Waals surface area contributed by atoms with E-state index in [4.69, 9.17) is 4.74 Å². The van der Waals surface area contributed by atoms with Gasteiger partial charge in [0.25, 0.3) is 5.95 Å². The number of amides is 1. The van der Waals surface area contributed by atoms with Crippen LogP contribution in [0.2, 0.25) is 0 Å². The Kier molecular flexibility index (Phi) is 9.08. The average Bonchev–Trinajstić information content (AvgIpc) is 2.86. The number of halogens is 4. The van der Waals surface area contributed by atoms with Crippen LogP contribution in [0.15, 0.2) is 47.4 Å². The third-order valence-electron chi connectivity index (χ3n) is 5.87. The van der Waals surface area contributed by atoms with Crippen LogP contribution in [0.3, 0.4) is 0 Å². The van der Waals surface area contributed by atoms with Crippen molar-refractivity contribution in [2.24, 2.45) is 0 Å². The summed E-state index contributed by atoms with van der Waals surface area (Å²) in [6.07, 6.45) is -0.544. The highest BCUT2D eigenvalue weighted by molar-refractivity contribution is 7.91. The summed E-state index contributed by atoms with van der Waals surface area (Å²) in [5.74, 6) is -6.31. The molecule has 0 bridgehead atoms. The quantitative estimate of drug-likeness (QED) is 0.434. The predicted molar refractivity (Wildman–Crippen MR) is 137 cm³/mol. The molecule has 200 valence electrons. The number of ether oxygens (including phenoxy) is 1. The highest BCUT2D eigenvalue weighted by atomic mass is 35.5. The van der Waals surface area contributed by atoms with E-state index in [0.717, 1.165) is 10.8 Å². The van der Waals surface area contributed by atoms with Gasteiger partial charge >= 0.3 is 6.09 Å². The minimum absolute atomic E-state index is 0. The number of hydrogen-bond donors (Lipinski definition) is 1. The lowest BCUT2D eigenvalue weighted by Crippen LogP contribution is -2.49. The summed E-state index contributed by atoms with van der Waals surface area (Å²) in [5, 5.41) is 4.77. The number of carbonyl (C=O) groups excluding carboxylic acids is 1. The van der Waals surface area contributed by atoms with Crippen LogP contribution in [0, 0.1) is 17.6 Å². The first-order valence-corrected chi connectivity index (χ1v) is 13.0. The summed E-state index contributed by atoms with van der Waals surface area (Å²) in [6.45, 7) is 2.01. The van der Waals surface area contributed by atoms with Crippen LogP contribution in [0.1, 0.15) is 6.92 Å². The Bertz CT molecular complexity index is 1380. The van der Waals surface area contributed by atoms with Crippen molar-refractivity contribution in [2.45, 2.75) is 11.8 Å². The maximum Gasteiger partial charge on any atom is 0.409 e. The Morgan fingerprint density at radius 2 is 1.70 bits per heavy atom. The average molecular weight is 559 g/mol. The van der Waals surface area contributed by atoms with Gasteiger partial charge in [-0.25, -0.2) is 22.0 Å². The molecule has 1 aliphatic rings. The molecule has 8 nitrogen and oxygen atoms in total. The highest BCUT2D eigenvalue weighted by Crippen LogP contribution is 2.29. The SMILES string of the molecule is CCOC(=O)N1CCN(c2nc(F)c(F)c(S(=O)(=O)CCNc3cccc4ccccc34)c2F)CC1.Cl. The summed E-state index contributed by atoms with van der Waals surface area (Å²) in [4.78, 5) is 16.5. The number of aromatic nitrogens is 1. The molecule has 0 unspecified atom stereocenters. The van der Waals surface area contributed by atoms with Gasteiger partial charge in [0.15, 0.2) is 27.3 Å². The molecule has 0 saturated carbocycles. The van der Waals surface area contributed by atoms with E-state index < -0.39 is 50.0 Å². The summed E-state index contributed by atoms with van der Waals surface area (Å²) in [5.41, 5.74) is 0.658. The molecular weight excluding hydrogens is 533 g/mol. The predicted octanol–water partition coefficient (Wildman–Crippen LogP) is 4.24. The number of rotatable bonds is 7. The molecule has 1 aliphatic heterocycles. The van der Waals surface area contributed by atoms with Crippen molar-refractivity contribution < 1.29 is 31.1 Å². The largest absolute Gasteiger partial charge is 0.450 e. The van der Waals surface area contributed by atoms with Crippen molar-refractivity contribution in [3.8, 4) is 0 Å². The fraction of sp³-hybridized carbons (Fsp3) is 0.333. The number of anilines is 2. The third-order valence-corrected chi connectivity index (χ3v) is 7.59. The Labute approximate surface area is 218 Å². The molecule has 0 spiro atoms. The molecule has 3 aromatic rings. The minimum atomic E-state index is -4.56. The van der Waals surface area contributed by atoms with Gasteiger partial charge in [0.05, 0.1) is 12.4 Å². The van der Waals surface area contributed by atoms with Gasteiger partial charge < -0.3 is 19.9 Å². The van der Waals surface area contributed by atoms with Crippen molar-refractivity contribution in [1.29, 1.82) is 0 Å².